The molecule has 2 aromatic carbocycles. The Bertz CT molecular complexity index is 1020. The number of hydrogen-bond donors (Lipinski definition) is 1. The maximum atomic E-state index is 12.4. The summed E-state index contributed by atoms with van der Waals surface area (Å²) in [5.74, 6) is -1.65. The SMILES string of the molecule is Cc1ccc(N2C[C@@H](C(=O)OCC(=O)Nc3ccc(Br)c(C)c3C)CC2=O)cc1C. The number of nitrogens with zero attached hydrogens (tertiary/aromatic N) is 1. The molecule has 0 radical (unpaired) electrons. The highest BCUT2D eigenvalue weighted by Gasteiger charge is 2.36. The zero-order valence-corrected chi connectivity index (χ0v) is 19.1. The molecule has 30 heavy (non-hydrogen) atoms. The Morgan fingerprint density at radius 1 is 1.10 bits per heavy atom. The molecule has 1 aliphatic heterocycles. The zero-order valence-electron chi connectivity index (χ0n) is 17.5. The zero-order chi connectivity index (χ0) is 22.0. The van der Waals surface area contributed by atoms with Crippen molar-refractivity contribution in [2.24, 2.45) is 5.92 Å². The molecule has 3 rings (SSSR count). The summed E-state index contributed by atoms with van der Waals surface area (Å²) in [7, 11) is 0. The number of aryl methyl sites for hydroxylation is 2. The van der Waals surface area contributed by atoms with Crippen LogP contribution in [0.3, 0.4) is 0 Å². The minimum Gasteiger partial charge on any atom is -0.455 e. The molecule has 2 aromatic rings. The predicted molar refractivity (Wildman–Crippen MR) is 120 cm³/mol. The summed E-state index contributed by atoms with van der Waals surface area (Å²) in [6.07, 6.45) is 0.0817. The second-order valence-corrected chi connectivity index (χ2v) is 8.53. The number of rotatable bonds is 5. The second kappa shape index (κ2) is 9.00. The van der Waals surface area contributed by atoms with Crippen molar-refractivity contribution in [2.45, 2.75) is 34.1 Å². The molecule has 1 heterocycles. The number of halogens is 1. The molecule has 6 nitrogen and oxygen atoms in total. The molecular weight excluding hydrogens is 448 g/mol. The molecule has 1 fully saturated rings. The lowest BCUT2D eigenvalue weighted by molar-refractivity contribution is -0.151. The molecule has 0 bridgehead atoms. The van der Waals surface area contributed by atoms with Crippen LogP contribution in [0.15, 0.2) is 34.8 Å². The standard InChI is InChI=1S/C23H25BrN2O4/c1-13-5-6-18(9-14(13)2)26-11-17(10-22(26)28)23(29)30-12-21(27)25-20-8-7-19(24)15(3)16(20)4/h5-9,17H,10-12H2,1-4H3,(H,25,27)/t17-/m0/s1. The monoisotopic (exact) mass is 472 g/mol. The fourth-order valence-electron chi connectivity index (χ4n) is 3.37. The average molecular weight is 473 g/mol. The highest BCUT2D eigenvalue weighted by molar-refractivity contribution is 9.10. The van der Waals surface area contributed by atoms with Crippen LogP contribution in [0.5, 0.6) is 0 Å². The van der Waals surface area contributed by atoms with Gasteiger partial charge in [0.25, 0.3) is 5.91 Å². The summed E-state index contributed by atoms with van der Waals surface area (Å²) in [6, 6.07) is 9.43. The normalized spacial score (nSPS) is 16.0. The number of hydrogen-bond acceptors (Lipinski definition) is 4. The van der Waals surface area contributed by atoms with Crippen LogP contribution in [-0.4, -0.2) is 30.9 Å². The molecule has 1 saturated heterocycles. The molecule has 1 aliphatic rings. The van der Waals surface area contributed by atoms with Gasteiger partial charge in [-0.2, -0.15) is 0 Å². The van der Waals surface area contributed by atoms with E-state index in [4.69, 9.17) is 4.74 Å². The second-order valence-electron chi connectivity index (χ2n) is 7.67. The van der Waals surface area contributed by atoms with Crippen LogP contribution in [0.25, 0.3) is 0 Å². The highest BCUT2D eigenvalue weighted by Crippen LogP contribution is 2.28. The quantitative estimate of drug-likeness (QED) is 0.660. The Morgan fingerprint density at radius 3 is 2.53 bits per heavy atom. The number of carbonyl (C=O) groups excluding carboxylic acids is 3. The Labute approximate surface area is 184 Å². The summed E-state index contributed by atoms with van der Waals surface area (Å²) >= 11 is 3.45. The fourth-order valence-corrected chi connectivity index (χ4v) is 3.80. The Hall–Kier alpha value is -2.67. The molecular formula is C23H25BrN2O4. The third-order valence-electron chi connectivity index (χ3n) is 5.60. The van der Waals surface area contributed by atoms with E-state index in [1.54, 1.807) is 11.0 Å². The molecule has 0 aliphatic carbocycles. The van der Waals surface area contributed by atoms with E-state index in [-0.39, 0.29) is 25.5 Å². The van der Waals surface area contributed by atoms with E-state index < -0.39 is 17.8 Å². The maximum Gasteiger partial charge on any atom is 0.311 e. The lowest BCUT2D eigenvalue weighted by atomic mass is 10.1. The maximum absolute atomic E-state index is 12.4. The van der Waals surface area contributed by atoms with Crippen LogP contribution in [-0.2, 0) is 19.1 Å². The number of anilines is 2. The molecule has 2 amide bonds. The van der Waals surface area contributed by atoms with Crippen molar-refractivity contribution in [3.63, 3.8) is 0 Å². The van der Waals surface area contributed by atoms with E-state index in [9.17, 15) is 14.4 Å². The predicted octanol–water partition coefficient (Wildman–Crippen LogP) is 4.22. The van der Waals surface area contributed by atoms with Crippen molar-refractivity contribution in [2.75, 3.05) is 23.4 Å². The average Bonchev–Trinajstić information content (AvgIpc) is 3.10. The first kappa shape index (κ1) is 22.0. The van der Waals surface area contributed by atoms with Gasteiger partial charge in [0.15, 0.2) is 6.61 Å². The summed E-state index contributed by atoms with van der Waals surface area (Å²) in [4.78, 5) is 38.6. The topological polar surface area (TPSA) is 75.7 Å². The number of carbonyl (C=O) groups is 3. The largest absolute Gasteiger partial charge is 0.455 e. The summed E-state index contributed by atoms with van der Waals surface area (Å²) in [6.45, 7) is 7.72. The lowest BCUT2D eigenvalue weighted by Crippen LogP contribution is -2.28. The molecule has 0 saturated carbocycles. The number of benzene rings is 2. The molecule has 0 aromatic heterocycles. The summed E-state index contributed by atoms with van der Waals surface area (Å²) in [5, 5.41) is 2.76. The van der Waals surface area contributed by atoms with Gasteiger partial charge >= 0.3 is 5.97 Å². The number of nitrogens with one attached hydrogen (secondary N) is 1. The lowest BCUT2D eigenvalue weighted by Gasteiger charge is -2.18. The van der Waals surface area contributed by atoms with Crippen molar-refractivity contribution >= 4 is 45.1 Å². The third-order valence-corrected chi connectivity index (χ3v) is 6.46. The van der Waals surface area contributed by atoms with Crippen LogP contribution >= 0.6 is 15.9 Å². The van der Waals surface area contributed by atoms with E-state index in [0.29, 0.717) is 5.69 Å². The molecule has 158 valence electrons. The van der Waals surface area contributed by atoms with Gasteiger partial charge in [0.05, 0.1) is 5.92 Å². The Morgan fingerprint density at radius 2 is 1.83 bits per heavy atom. The van der Waals surface area contributed by atoms with Gasteiger partial charge in [-0.05, 0) is 74.2 Å². The van der Waals surface area contributed by atoms with Crippen LogP contribution in [0, 0.1) is 33.6 Å². The van der Waals surface area contributed by atoms with E-state index in [0.717, 1.165) is 32.4 Å². The van der Waals surface area contributed by atoms with Gasteiger partial charge in [0.1, 0.15) is 0 Å². The summed E-state index contributed by atoms with van der Waals surface area (Å²) in [5.41, 5.74) is 5.64. The van der Waals surface area contributed by atoms with Crippen molar-refractivity contribution < 1.29 is 19.1 Å². The number of esters is 1. The van der Waals surface area contributed by atoms with Gasteiger partial charge in [-0.1, -0.05) is 22.0 Å². The fraction of sp³-hybridized carbons (Fsp3) is 0.348. The minimum atomic E-state index is -0.580. The molecule has 1 N–H and O–H groups in total. The van der Waals surface area contributed by atoms with Gasteiger partial charge < -0.3 is 15.0 Å². The smallest absolute Gasteiger partial charge is 0.311 e. The summed E-state index contributed by atoms with van der Waals surface area (Å²) < 4.78 is 6.15. The molecule has 0 unspecified atom stereocenters. The van der Waals surface area contributed by atoms with Gasteiger partial charge in [-0.15, -0.1) is 0 Å². The number of ether oxygens (including phenoxy) is 1. The van der Waals surface area contributed by atoms with E-state index in [1.165, 1.54) is 0 Å². The van der Waals surface area contributed by atoms with E-state index in [2.05, 4.69) is 21.2 Å². The van der Waals surface area contributed by atoms with Gasteiger partial charge in [-0.3, -0.25) is 14.4 Å². The van der Waals surface area contributed by atoms with Gasteiger partial charge in [-0.25, -0.2) is 0 Å². The first-order valence-electron chi connectivity index (χ1n) is 9.77. The van der Waals surface area contributed by atoms with Gasteiger partial charge in [0.2, 0.25) is 5.91 Å². The van der Waals surface area contributed by atoms with Gasteiger partial charge in [0, 0.05) is 28.8 Å². The van der Waals surface area contributed by atoms with E-state index in [1.807, 2.05) is 52.0 Å². The Balaban J connectivity index is 1.56. The number of amides is 2. The minimum absolute atomic E-state index is 0.0817. The molecule has 1 atom stereocenters. The van der Waals surface area contributed by atoms with Crippen LogP contribution < -0.4 is 10.2 Å². The first-order valence-corrected chi connectivity index (χ1v) is 10.6. The van der Waals surface area contributed by atoms with Crippen molar-refractivity contribution in [1.29, 1.82) is 0 Å². The Kier molecular flexibility index (Phi) is 6.61. The molecule has 0 spiro atoms. The first-order chi connectivity index (χ1) is 14.2. The van der Waals surface area contributed by atoms with Crippen LogP contribution in [0.1, 0.15) is 28.7 Å². The van der Waals surface area contributed by atoms with Crippen LogP contribution in [0.2, 0.25) is 0 Å². The van der Waals surface area contributed by atoms with Crippen molar-refractivity contribution in [3.05, 3.63) is 57.1 Å². The highest BCUT2D eigenvalue weighted by atomic mass is 79.9. The van der Waals surface area contributed by atoms with Crippen molar-refractivity contribution in [3.8, 4) is 0 Å². The van der Waals surface area contributed by atoms with Crippen LogP contribution in [0.4, 0.5) is 11.4 Å². The van der Waals surface area contributed by atoms with Crippen molar-refractivity contribution in [1.82, 2.24) is 0 Å². The third kappa shape index (κ3) is 4.73. The molecule has 7 heteroatoms. The van der Waals surface area contributed by atoms with E-state index >= 15 is 0 Å².